The van der Waals surface area contributed by atoms with Crippen LogP contribution in [0.5, 0.6) is 0 Å². The third-order valence-corrected chi connectivity index (χ3v) is 5.46. The third kappa shape index (κ3) is 6.05. The van der Waals surface area contributed by atoms with Gasteiger partial charge in [0.2, 0.25) is 0 Å². The molecule has 0 radical (unpaired) electrons. The van der Waals surface area contributed by atoms with Gasteiger partial charge in [-0.3, -0.25) is 14.6 Å². The molecule has 13 heteroatoms. The summed E-state index contributed by atoms with van der Waals surface area (Å²) >= 11 is 0. The van der Waals surface area contributed by atoms with Crippen LogP contribution in [-0.4, -0.2) is 56.3 Å². The molecule has 1 saturated carbocycles. The fraction of sp³-hybridized carbons (Fsp3) is 0.600. The van der Waals surface area contributed by atoms with Crippen LogP contribution in [0, 0.1) is 0 Å². The van der Waals surface area contributed by atoms with Crippen LogP contribution < -0.4 is 10.6 Å². The molecule has 4 rings (SSSR count). The summed E-state index contributed by atoms with van der Waals surface area (Å²) in [4.78, 5) is 24.5. The number of nitrogens with zero attached hydrogens (tertiary/aromatic N) is 3. The van der Waals surface area contributed by atoms with Crippen LogP contribution >= 0.6 is 0 Å². The maximum atomic E-state index is 12.9. The Morgan fingerprint density at radius 2 is 2.15 bits per heavy atom. The molecule has 11 nitrogen and oxygen atoms in total. The number of amides is 2. The van der Waals surface area contributed by atoms with Gasteiger partial charge in [-0.1, -0.05) is 0 Å². The van der Waals surface area contributed by atoms with Crippen molar-refractivity contribution >= 4 is 17.8 Å². The number of halogens is 2. The number of alkyl halides is 2. The van der Waals surface area contributed by atoms with Crippen molar-refractivity contribution in [2.45, 2.75) is 63.6 Å². The Balaban J connectivity index is 1.29. The number of aromatic amines is 1. The summed E-state index contributed by atoms with van der Waals surface area (Å²) in [5, 5.41) is 16.3. The second kappa shape index (κ2) is 8.71. The van der Waals surface area contributed by atoms with Gasteiger partial charge < -0.3 is 24.8 Å². The van der Waals surface area contributed by atoms with Gasteiger partial charge in [-0.2, -0.15) is 19.0 Å². The first-order chi connectivity index (χ1) is 15.5. The Hall–Kier alpha value is -3.06. The van der Waals surface area contributed by atoms with E-state index in [1.165, 1.54) is 17.8 Å². The minimum absolute atomic E-state index is 0.151. The van der Waals surface area contributed by atoms with Crippen molar-refractivity contribution in [3.8, 4) is 0 Å². The van der Waals surface area contributed by atoms with E-state index in [9.17, 15) is 18.4 Å². The number of H-pyrrole nitrogens is 1. The number of carbonyl (C=O) groups excluding carboxylic acids is 2. The highest BCUT2D eigenvalue weighted by atomic mass is 19.3. The molecule has 1 aliphatic heterocycles. The van der Waals surface area contributed by atoms with Crippen LogP contribution in [0.3, 0.4) is 0 Å². The minimum Gasteiger partial charge on any atom is -0.444 e. The average molecular weight is 468 g/mol. The first-order valence-electron chi connectivity index (χ1n) is 10.5. The zero-order valence-electron chi connectivity index (χ0n) is 18.5. The molecular formula is C20H26F2N6O5. The van der Waals surface area contributed by atoms with E-state index < -0.39 is 24.7 Å². The normalized spacial score (nSPS) is 21.6. The summed E-state index contributed by atoms with van der Waals surface area (Å²) in [6.07, 6.45) is -2.17. The van der Waals surface area contributed by atoms with Crippen molar-refractivity contribution in [3.63, 3.8) is 0 Å². The lowest BCUT2D eigenvalue weighted by Gasteiger charge is -2.15. The molecule has 3 heterocycles. The zero-order chi connectivity index (χ0) is 23.8. The molecular weight excluding hydrogens is 442 g/mol. The molecule has 0 aromatic carbocycles. The fourth-order valence-corrected chi connectivity index (χ4v) is 3.39. The summed E-state index contributed by atoms with van der Waals surface area (Å²) in [7, 11) is 1.52. The number of ether oxygens (including phenoxy) is 3. The van der Waals surface area contributed by atoms with Gasteiger partial charge in [-0.15, -0.1) is 0 Å². The predicted octanol–water partition coefficient (Wildman–Crippen LogP) is 2.63. The van der Waals surface area contributed by atoms with Crippen LogP contribution in [0.2, 0.25) is 0 Å². The van der Waals surface area contributed by atoms with Crippen LogP contribution in [0.1, 0.15) is 61.1 Å². The fourth-order valence-electron chi connectivity index (χ4n) is 3.39. The van der Waals surface area contributed by atoms with Gasteiger partial charge in [0.1, 0.15) is 17.9 Å². The topological polar surface area (TPSA) is 132 Å². The summed E-state index contributed by atoms with van der Waals surface area (Å²) < 4.78 is 42.5. The molecule has 1 aliphatic carbocycles. The first-order valence-corrected chi connectivity index (χ1v) is 10.5. The van der Waals surface area contributed by atoms with Gasteiger partial charge >= 0.3 is 12.2 Å². The molecule has 3 N–H and O–H groups in total. The number of rotatable bonds is 8. The maximum Gasteiger partial charge on any atom is 0.407 e. The van der Waals surface area contributed by atoms with Crippen molar-refractivity contribution in [2.75, 3.05) is 11.9 Å². The van der Waals surface area contributed by atoms with Gasteiger partial charge in [0.25, 0.3) is 5.91 Å². The summed E-state index contributed by atoms with van der Waals surface area (Å²) in [5.74, 6) is -0.266. The van der Waals surface area contributed by atoms with E-state index >= 15 is 0 Å². The number of hydrogen-bond acceptors (Lipinski definition) is 7. The molecule has 33 heavy (non-hydrogen) atoms. The Kier molecular flexibility index (Phi) is 6.10. The Morgan fingerprint density at radius 1 is 1.39 bits per heavy atom. The molecule has 2 fully saturated rings. The van der Waals surface area contributed by atoms with Gasteiger partial charge in [0.05, 0.1) is 24.6 Å². The number of nitrogens with one attached hydrogen (secondary N) is 3. The number of hydrogen-bond donors (Lipinski definition) is 3. The predicted molar refractivity (Wildman–Crippen MR) is 110 cm³/mol. The number of carbonyl (C=O) groups is 2. The highest BCUT2D eigenvalue weighted by molar-refractivity contribution is 6.02. The van der Waals surface area contributed by atoms with Crippen LogP contribution in [0.4, 0.5) is 19.4 Å². The molecule has 2 atom stereocenters. The molecule has 0 bridgehead atoms. The largest absolute Gasteiger partial charge is 0.444 e. The highest BCUT2D eigenvalue weighted by Crippen LogP contribution is 2.35. The van der Waals surface area contributed by atoms with Gasteiger partial charge in [0, 0.05) is 32.0 Å². The SMILES string of the molecule is Cn1nc(COC(C)(F)F)cc1C(=O)Nc1cc([C@H]2C[C@@H](OC(=O)NC3(C)CC3)CO2)[nH]n1. The van der Waals surface area contributed by atoms with Crippen LogP contribution in [0.15, 0.2) is 12.1 Å². The third-order valence-electron chi connectivity index (χ3n) is 5.46. The molecule has 0 unspecified atom stereocenters. The smallest absolute Gasteiger partial charge is 0.407 e. The summed E-state index contributed by atoms with van der Waals surface area (Å²) in [6.45, 7) is 2.42. The Labute approximate surface area is 188 Å². The van der Waals surface area contributed by atoms with E-state index in [0.717, 1.165) is 12.8 Å². The molecule has 2 amide bonds. The summed E-state index contributed by atoms with van der Waals surface area (Å²) in [5.41, 5.74) is 0.806. The number of alkyl carbamates (subject to hydrolysis) is 1. The van der Waals surface area contributed by atoms with E-state index in [1.807, 2.05) is 6.92 Å². The lowest BCUT2D eigenvalue weighted by molar-refractivity contribution is -0.231. The minimum atomic E-state index is -3.29. The average Bonchev–Trinajstić information content (AvgIpc) is 3.12. The van der Waals surface area contributed by atoms with Crippen molar-refractivity contribution in [2.24, 2.45) is 7.05 Å². The van der Waals surface area contributed by atoms with Crippen molar-refractivity contribution in [1.82, 2.24) is 25.3 Å². The van der Waals surface area contributed by atoms with Gasteiger partial charge in [0.15, 0.2) is 5.82 Å². The van der Waals surface area contributed by atoms with Gasteiger partial charge in [-0.25, -0.2) is 4.79 Å². The zero-order valence-corrected chi connectivity index (χ0v) is 18.5. The molecule has 180 valence electrons. The number of aromatic nitrogens is 4. The molecule has 1 saturated heterocycles. The lowest BCUT2D eigenvalue weighted by Crippen LogP contribution is -2.37. The quantitative estimate of drug-likeness (QED) is 0.543. The van der Waals surface area contributed by atoms with E-state index in [-0.39, 0.29) is 41.6 Å². The second-order valence-electron chi connectivity index (χ2n) is 8.67. The van der Waals surface area contributed by atoms with Crippen LogP contribution in [0.25, 0.3) is 0 Å². The number of aryl methyl sites for hydroxylation is 1. The maximum absolute atomic E-state index is 12.9. The van der Waals surface area contributed by atoms with Crippen molar-refractivity contribution < 1.29 is 32.6 Å². The Morgan fingerprint density at radius 3 is 2.85 bits per heavy atom. The van der Waals surface area contributed by atoms with Gasteiger partial charge in [-0.05, 0) is 25.8 Å². The molecule has 2 aromatic heterocycles. The van der Waals surface area contributed by atoms with Crippen molar-refractivity contribution in [1.29, 1.82) is 0 Å². The molecule has 2 aliphatic rings. The standard InChI is InChI=1S/C20H26F2N6O5/c1-19(4-5-19)24-18(30)33-12-7-15(31-10-12)13-8-16(26-25-13)23-17(29)14-6-11(27-28(14)3)9-32-20(2,21)22/h6,8,12,15H,4-5,7,9-10H2,1-3H3,(H,24,30)(H2,23,25,26,29)/t12-,15-/m1/s1. The molecule has 0 spiro atoms. The second-order valence-corrected chi connectivity index (χ2v) is 8.67. The van der Waals surface area contributed by atoms with E-state index in [0.29, 0.717) is 19.0 Å². The van der Waals surface area contributed by atoms with E-state index in [2.05, 4.69) is 30.7 Å². The van der Waals surface area contributed by atoms with Crippen LogP contribution in [-0.2, 0) is 27.9 Å². The van der Waals surface area contributed by atoms with Crippen molar-refractivity contribution in [3.05, 3.63) is 29.2 Å². The summed E-state index contributed by atoms with van der Waals surface area (Å²) in [6, 6.07) is 2.98. The van der Waals surface area contributed by atoms with E-state index in [1.54, 1.807) is 6.07 Å². The van der Waals surface area contributed by atoms with E-state index in [4.69, 9.17) is 9.47 Å². The first kappa shape index (κ1) is 23.1. The Bertz CT molecular complexity index is 1030. The lowest BCUT2D eigenvalue weighted by atomic mass is 10.1. The molecule has 2 aromatic rings. The monoisotopic (exact) mass is 468 g/mol. The highest BCUT2D eigenvalue weighted by Gasteiger charge is 2.40. The number of anilines is 1.